The van der Waals surface area contributed by atoms with Gasteiger partial charge < -0.3 is 5.32 Å². The van der Waals surface area contributed by atoms with Crippen molar-refractivity contribution in [1.82, 2.24) is 5.32 Å². The van der Waals surface area contributed by atoms with E-state index >= 15 is 0 Å². The Morgan fingerprint density at radius 2 is 2.21 bits per heavy atom. The third kappa shape index (κ3) is 4.05. The minimum absolute atomic E-state index is 0.763. The zero-order valence-electron chi connectivity index (χ0n) is 12.1. The fourth-order valence-electron chi connectivity index (χ4n) is 3.46. The van der Waals surface area contributed by atoms with E-state index < -0.39 is 0 Å². The van der Waals surface area contributed by atoms with Gasteiger partial charge in [-0.2, -0.15) is 0 Å². The van der Waals surface area contributed by atoms with E-state index in [0.29, 0.717) is 0 Å². The van der Waals surface area contributed by atoms with Gasteiger partial charge in [-0.25, -0.2) is 0 Å². The molecule has 0 amide bonds. The van der Waals surface area contributed by atoms with Gasteiger partial charge in [-0.1, -0.05) is 33.1 Å². The molecular formula is C16H26BrNS. The van der Waals surface area contributed by atoms with Crippen molar-refractivity contribution in [1.29, 1.82) is 0 Å². The molecule has 108 valence electrons. The van der Waals surface area contributed by atoms with Crippen LogP contribution in [0.25, 0.3) is 0 Å². The van der Waals surface area contributed by atoms with Crippen LogP contribution in [0.4, 0.5) is 0 Å². The highest BCUT2D eigenvalue weighted by Gasteiger charge is 2.32. The highest BCUT2D eigenvalue weighted by atomic mass is 79.9. The second kappa shape index (κ2) is 7.80. The quantitative estimate of drug-likeness (QED) is 0.726. The molecule has 19 heavy (non-hydrogen) atoms. The van der Waals surface area contributed by atoms with E-state index in [1.54, 1.807) is 4.88 Å². The first kappa shape index (κ1) is 15.5. The standard InChI is InChI=1S/C16H26BrNS/c1-3-5-12-6-7-13(11-18-4-2)14(10-12)16-15(17)8-9-19-16/h8-9,12-14,18H,3-7,10-11H2,1-2H3. The first-order valence-electron chi connectivity index (χ1n) is 7.69. The summed E-state index contributed by atoms with van der Waals surface area (Å²) in [5, 5.41) is 5.79. The largest absolute Gasteiger partial charge is 0.317 e. The van der Waals surface area contributed by atoms with Crippen molar-refractivity contribution in [2.45, 2.75) is 51.9 Å². The minimum atomic E-state index is 0.763. The van der Waals surface area contributed by atoms with E-state index in [4.69, 9.17) is 0 Å². The normalized spacial score (nSPS) is 27.6. The summed E-state index contributed by atoms with van der Waals surface area (Å²) in [5.74, 6) is 2.53. The van der Waals surface area contributed by atoms with Gasteiger partial charge >= 0.3 is 0 Å². The Bertz CT molecular complexity index is 377. The number of halogens is 1. The summed E-state index contributed by atoms with van der Waals surface area (Å²) in [4.78, 5) is 1.59. The molecule has 1 nitrogen and oxygen atoms in total. The Morgan fingerprint density at radius 3 is 2.84 bits per heavy atom. The molecule has 0 bridgehead atoms. The van der Waals surface area contributed by atoms with Crippen molar-refractivity contribution in [3.63, 3.8) is 0 Å². The van der Waals surface area contributed by atoms with E-state index in [0.717, 1.165) is 24.3 Å². The lowest BCUT2D eigenvalue weighted by Gasteiger charge is -2.36. The Balaban J connectivity index is 2.09. The van der Waals surface area contributed by atoms with Gasteiger partial charge in [-0.15, -0.1) is 11.3 Å². The van der Waals surface area contributed by atoms with Crippen LogP contribution in [0.1, 0.15) is 56.7 Å². The van der Waals surface area contributed by atoms with Gasteiger partial charge in [-0.3, -0.25) is 0 Å². The van der Waals surface area contributed by atoms with Gasteiger partial charge in [0.15, 0.2) is 0 Å². The number of hydrogen-bond acceptors (Lipinski definition) is 2. The molecule has 2 rings (SSSR count). The molecule has 1 fully saturated rings. The summed E-state index contributed by atoms with van der Waals surface area (Å²) in [6.45, 7) is 6.80. The molecule has 3 unspecified atom stereocenters. The van der Waals surface area contributed by atoms with Crippen LogP contribution in [-0.4, -0.2) is 13.1 Å². The molecule has 0 radical (unpaired) electrons. The SMILES string of the molecule is CCCC1CCC(CNCC)C(c2sccc2Br)C1. The first-order valence-corrected chi connectivity index (χ1v) is 9.37. The van der Waals surface area contributed by atoms with E-state index in [1.165, 1.54) is 43.1 Å². The van der Waals surface area contributed by atoms with Gasteiger partial charge in [0.2, 0.25) is 0 Å². The molecule has 1 aromatic rings. The van der Waals surface area contributed by atoms with Gasteiger partial charge in [-0.05, 0) is 71.1 Å². The topological polar surface area (TPSA) is 12.0 Å². The molecule has 3 atom stereocenters. The van der Waals surface area contributed by atoms with Crippen LogP contribution < -0.4 is 5.32 Å². The lowest BCUT2D eigenvalue weighted by atomic mass is 9.72. The molecule has 0 spiro atoms. The predicted octanol–water partition coefficient (Wildman–Crippen LogP) is 5.42. The predicted molar refractivity (Wildman–Crippen MR) is 89.0 cm³/mol. The van der Waals surface area contributed by atoms with Crippen LogP contribution in [0.2, 0.25) is 0 Å². The fourth-order valence-corrected chi connectivity index (χ4v) is 5.33. The molecule has 0 saturated heterocycles. The van der Waals surface area contributed by atoms with Crippen molar-refractivity contribution in [2.75, 3.05) is 13.1 Å². The lowest BCUT2D eigenvalue weighted by Crippen LogP contribution is -2.31. The Morgan fingerprint density at radius 1 is 1.37 bits per heavy atom. The molecule has 1 heterocycles. The van der Waals surface area contributed by atoms with E-state index in [1.807, 2.05) is 11.3 Å². The zero-order chi connectivity index (χ0) is 13.7. The molecule has 0 aromatic carbocycles. The number of thiophene rings is 1. The second-order valence-electron chi connectivity index (χ2n) is 5.77. The summed E-state index contributed by atoms with van der Waals surface area (Å²) in [6, 6.07) is 2.22. The molecule has 1 aromatic heterocycles. The molecule has 3 heteroatoms. The van der Waals surface area contributed by atoms with Crippen molar-refractivity contribution in [3.8, 4) is 0 Å². The molecular weight excluding hydrogens is 318 g/mol. The number of hydrogen-bond donors (Lipinski definition) is 1. The summed E-state index contributed by atoms with van der Waals surface area (Å²) in [6.07, 6.45) is 6.97. The van der Waals surface area contributed by atoms with Crippen molar-refractivity contribution in [2.24, 2.45) is 11.8 Å². The average molecular weight is 344 g/mol. The minimum Gasteiger partial charge on any atom is -0.317 e. The van der Waals surface area contributed by atoms with Gasteiger partial charge in [0.25, 0.3) is 0 Å². The van der Waals surface area contributed by atoms with Gasteiger partial charge in [0.1, 0.15) is 0 Å². The first-order chi connectivity index (χ1) is 9.26. The zero-order valence-corrected chi connectivity index (χ0v) is 14.5. The number of rotatable bonds is 6. The monoisotopic (exact) mass is 343 g/mol. The van der Waals surface area contributed by atoms with Crippen LogP contribution in [0, 0.1) is 11.8 Å². The molecule has 0 aliphatic heterocycles. The Labute approximate surface area is 130 Å². The summed E-state index contributed by atoms with van der Waals surface area (Å²) in [5.41, 5.74) is 0. The van der Waals surface area contributed by atoms with Crippen molar-refractivity contribution >= 4 is 27.3 Å². The summed E-state index contributed by atoms with van der Waals surface area (Å²) in [7, 11) is 0. The smallest absolute Gasteiger partial charge is 0.0317 e. The molecule has 1 aliphatic rings. The van der Waals surface area contributed by atoms with Crippen LogP contribution in [0.5, 0.6) is 0 Å². The van der Waals surface area contributed by atoms with Crippen molar-refractivity contribution < 1.29 is 0 Å². The highest BCUT2D eigenvalue weighted by Crippen LogP contribution is 2.45. The highest BCUT2D eigenvalue weighted by molar-refractivity contribution is 9.10. The maximum absolute atomic E-state index is 3.75. The van der Waals surface area contributed by atoms with Crippen LogP contribution in [0.3, 0.4) is 0 Å². The molecule has 1 N–H and O–H groups in total. The maximum Gasteiger partial charge on any atom is 0.0317 e. The van der Waals surface area contributed by atoms with Crippen LogP contribution in [0.15, 0.2) is 15.9 Å². The third-order valence-electron chi connectivity index (χ3n) is 4.44. The molecule has 1 saturated carbocycles. The Kier molecular flexibility index (Phi) is 6.37. The third-order valence-corrected chi connectivity index (χ3v) is 6.44. The van der Waals surface area contributed by atoms with Crippen molar-refractivity contribution in [3.05, 3.63) is 20.8 Å². The second-order valence-corrected chi connectivity index (χ2v) is 7.58. The number of nitrogens with one attached hydrogen (secondary N) is 1. The van der Waals surface area contributed by atoms with Crippen LogP contribution in [-0.2, 0) is 0 Å². The maximum atomic E-state index is 3.75. The lowest BCUT2D eigenvalue weighted by molar-refractivity contribution is 0.223. The molecule has 1 aliphatic carbocycles. The average Bonchev–Trinajstić information content (AvgIpc) is 2.83. The fraction of sp³-hybridized carbons (Fsp3) is 0.750. The Hall–Kier alpha value is 0.140. The van der Waals surface area contributed by atoms with E-state index in [9.17, 15) is 0 Å². The summed E-state index contributed by atoms with van der Waals surface area (Å²) < 4.78 is 1.33. The van der Waals surface area contributed by atoms with Gasteiger partial charge in [0, 0.05) is 9.35 Å². The van der Waals surface area contributed by atoms with E-state index in [2.05, 4.69) is 46.5 Å². The summed E-state index contributed by atoms with van der Waals surface area (Å²) >= 11 is 5.69. The van der Waals surface area contributed by atoms with Gasteiger partial charge in [0.05, 0.1) is 0 Å². The van der Waals surface area contributed by atoms with Crippen LogP contribution >= 0.6 is 27.3 Å². The van der Waals surface area contributed by atoms with E-state index in [-0.39, 0.29) is 0 Å².